The molecule has 2 aromatic carbocycles. The summed E-state index contributed by atoms with van der Waals surface area (Å²) in [5.74, 6) is -6.05. The molecule has 1 aliphatic heterocycles. The lowest BCUT2D eigenvalue weighted by atomic mass is 9.73. The van der Waals surface area contributed by atoms with Gasteiger partial charge in [-0.3, -0.25) is 9.29 Å². The Hall–Kier alpha value is -2.96. The third kappa shape index (κ3) is 7.02. The first-order valence-electron chi connectivity index (χ1n) is 12.4. The van der Waals surface area contributed by atoms with Gasteiger partial charge in [0.15, 0.2) is 6.67 Å². The quantitative estimate of drug-likeness (QED) is 0.317. The first kappa shape index (κ1) is 33.2. The molecule has 4 nitrogen and oxygen atoms in total. The summed E-state index contributed by atoms with van der Waals surface area (Å²) in [4.78, 5) is 14.1. The number of ether oxygens (including phenoxy) is 1. The molecular weight excluding hydrogens is 555 g/mol. The number of benzene rings is 2. The molecule has 0 fully saturated rings. The van der Waals surface area contributed by atoms with E-state index in [0.717, 1.165) is 18.2 Å². The molecule has 0 saturated carbocycles. The summed E-state index contributed by atoms with van der Waals surface area (Å²) >= 11 is 0. The Bertz CT molecular complexity index is 1140. The average Bonchev–Trinajstić information content (AvgIpc) is 2.93. The molecule has 0 aliphatic carbocycles. The van der Waals surface area contributed by atoms with E-state index in [-0.39, 0.29) is 42.5 Å². The smallest absolute Gasteiger partial charge is 0.416 e. The SMILES string of the molecule is CCOC(=O)N1c2ccc(C(F)F)cc2[C@@H]([C@H](CN)c2cc(C(F)(F)F)cc(C(F)(F)CF)c2)C[C@H]1CC.CF. The third-order valence-electron chi connectivity index (χ3n) is 6.83. The molecular formula is C27H31F9N2O2. The van der Waals surface area contributed by atoms with E-state index in [1.54, 1.807) is 13.8 Å². The summed E-state index contributed by atoms with van der Waals surface area (Å²) in [7, 11) is 0.500. The molecule has 13 heteroatoms. The predicted molar refractivity (Wildman–Crippen MR) is 132 cm³/mol. The number of hydrogen-bond acceptors (Lipinski definition) is 3. The van der Waals surface area contributed by atoms with Crippen LogP contribution in [-0.2, 0) is 16.8 Å². The molecule has 1 heterocycles. The first-order valence-corrected chi connectivity index (χ1v) is 12.4. The number of carbonyl (C=O) groups is 1. The van der Waals surface area contributed by atoms with Gasteiger partial charge in [-0.1, -0.05) is 13.0 Å². The summed E-state index contributed by atoms with van der Waals surface area (Å²) in [6.07, 6.45) is -8.17. The van der Waals surface area contributed by atoms with Crippen LogP contribution >= 0.6 is 0 Å². The van der Waals surface area contributed by atoms with Crippen LogP contribution in [-0.4, -0.2) is 39.1 Å². The minimum absolute atomic E-state index is 0.0425. The molecule has 2 N–H and O–H groups in total. The van der Waals surface area contributed by atoms with Crippen molar-refractivity contribution in [3.05, 3.63) is 64.2 Å². The van der Waals surface area contributed by atoms with Gasteiger partial charge >= 0.3 is 18.2 Å². The van der Waals surface area contributed by atoms with Crippen molar-refractivity contribution in [2.24, 2.45) is 5.73 Å². The third-order valence-corrected chi connectivity index (χ3v) is 6.83. The second kappa shape index (κ2) is 13.6. The molecule has 0 radical (unpaired) electrons. The molecule has 1 amide bonds. The van der Waals surface area contributed by atoms with E-state index in [4.69, 9.17) is 10.5 Å². The number of fused-ring (bicyclic) bond motifs is 1. The van der Waals surface area contributed by atoms with Crippen LogP contribution < -0.4 is 10.6 Å². The fourth-order valence-corrected chi connectivity index (χ4v) is 4.97. The Morgan fingerprint density at radius 2 is 1.65 bits per heavy atom. The highest BCUT2D eigenvalue weighted by Gasteiger charge is 2.42. The number of nitrogens with zero attached hydrogens (tertiary/aromatic N) is 1. The molecule has 1 aliphatic rings. The number of alkyl halides is 9. The Morgan fingerprint density at radius 3 is 2.15 bits per heavy atom. The van der Waals surface area contributed by atoms with Crippen molar-refractivity contribution >= 4 is 11.8 Å². The topological polar surface area (TPSA) is 55.6 Å². The van der Waals surface area contributed by atoms with Crippen LogP contribution in [0.3, 0.4) is 0 Å². The molecule has 2 aromatic rings. The van der Waals surface area contributed by atoms with Crippen LogP contribution in [0.1, 0.15) is 72.8 Å². The summed E-state index contributed by atoms with van der Waals surface area (Å²) in [5.41, 5.74) is 3.19. The van der Waals surface area contributed by atoms with Crippen LogP contribution in [0.25, 0.3) is 0 Å². The van der Waals surface area contributed by atoms with Crippen molar-refractivity contribution in [3.8, 4) is 0 Å². The molecule has 40 heavy (non-hydrogen) atoms. The van der Waals surface area contributed by atoms with Crippen molar-refractivity contribution in [2.75, 3.05) is 31.9 Å². The van der Waals surface area contributed by atoms with Crippen LogP contribution in [0.5, 0.6) is 0 Å². The Morgan fingerprint density at radius 1 is 1.02 bits per heavy atom. The highest BCUT2D eigenvalue weighted by atomic mass is 19.4. The Balaban J connectivity index is 0.00000274. The molecule has 224 valence electrons. The average molecular weight is 587 g/mol. The van der Waals surface area contributed by atoms with Gasteiger partial charge in [0, 0.05) is 23.1 Å². The molecule has 0 unspecified atom stereocenters. The lowest BCUT2D eigenvalue weighted by molar-refractivity contribution is -0.138. The van der Waals surface area contributed by atoms with Gasteiger partial charge in [-0.15, -0.1) is 0 Å². The zero-order valence-corrected chi connectivity index (χ0v) is 22.1. The Kier molecular flexibility index (Phi) is 11.3. The normalized spacial score (nSPS) is 18.1. The van der Waals surface area contributed by atoms with Crippen LogP contribution in [0.2, 0.25) is 0 Å². The fourth-order valence-electron chi connectivity index (χ4n) is 4.97. The van der Waals surface area contributed by atoms with E-state index in [1.807, 2.05) is 0 Å². The second-order valence-electron chi connectivity index (χ2n) is 9.11. The molecule has 0 spiro atoms. The Labute approximate surface area is 226 Å². The zero-order chi connectivity index (χ0) is 30.4. The van der Waals surface area contributed by atoms with Gasteiger partial charge in [-0.05, 0) is 73.7 Å². The van der Waals surface area contributed by atoms with Gasteiger partial charge in [-0.2, -0.15) is 22.0 Å². The molecule has 0 bridgehead atoms. The highest BCUT2D eigenvalue weighted by Crippen LogP contribution is 2.48. The maximum atomic E-state index is 14.2. The highest BCUT2D eigenvalue weighted by molar-refractivity contribution is 5.90. The maximum Gasteiger partial charge on any atom is 0.416 e. The minimum Gasteiger partial charge on any atom is -0.449 e. The van der Waals surface area contributed by atoms with E-state index < -0.39 is 65.9 Å². The second-order valence-corrected chi connectivity index (χ2v) is 9.11. The van der Waals surface area contributed by atoms with E-state index in [9.17, 15) is 44.3 Å². The van der Waals surface area contributed by atoms with E-state index in [0.29, 0.717) is 19.7 Å². The largest absolute Gasteiger partial charge is 0.449 e. The van der Waals surface area contributed by atoms with Crippen molar-refractivity contribution in [3.63, 3.8) is 0 Å². The number of halogens is 9. The van der Waals surface area contributed by atoms with Crippen LogP contribution in [0, 0.1) is 0 Å². The number of rotatable bonds is 8. The zero-order valence-electron chi connectivity index (χ0n) is 22.1. The summed E-state index contributed by atoms with van der Waals surface area (Å²) in [6, 6.07) is 4.69. The van der Waals surface area contributed by atoms with Gasteiger partial charge in [-0.25, -0.2) is 18.0 Å². The van der Waals surface area contributed by atoms with Gasteiger partial charge in [0.1, 0.15) is 0 Å². The number of carbonyl (C=O) groups excluding carboxylic acids is 1. The molecule has 0 aromatic heterocycles. The monoisotopic (exact) mass is 586 g/mol. The van der Waals surface area contributed by atoms with Gasteiger partial charge in [0.2, 0.25) is 0 Å². The van der Waals surface area contributed by atoms with E-state index >= 15 is 0 Å². The minimum atomic E-state index is -5.02. The number of amides is 1. The van der Waals surface area contributed by atoms with Crippen molar-refractivity contribution in [2.45, 2.75) is 63.1 Å². The van der Waals surface area contributed by atoms with Gasteiger partial charge in [0.25, 0.3) is 6.43 Å². The van der Waals surface area contributed by atoms with E-state index in [1.165, 1.54) is 11.0 Å². The first-order chi connectivity index (χ1) is 18.8. The standard InChI is InChI=1S/C26H28F8N2O2.CH3F/c1-3-18-11-19(20-9-14(23(28)29)5-6-22(20)36(18)24(37)38-4-2)21(12-35)15-7-16(25(30,31)13-27)10-17(8-15)26(32,33)34;1-2/h5-10,18-19,21,23H,3-4,11-13,35H2,1-2H3;1H3/t18-,19+,21-;/m1./s1. The summed E-state index contributed by atoms with van der Waals surface area (Å²) in [5, 5.41) is 0. The maximum absolute atomic E-state index is 14.2. The van der Waals surface area contributed by atoms with Crippen molar-refractivity contribution in [1.29, 1.82) is 0 Å². The molecule has 3 atom stereocenters. The van der Waals surface area contributed by atoms with Crippen LogP contribution in [0.4, 0.5) is 50.0 Å². The van der Waals surface area contributed by atoms with Crippen molar-refractivity contribution < 1.29 is 49.0 Å². The number of hydrogen-bond donors (Lipinski definition) is 1. The summed E-state index contributed by atoms with van der Waals surface area (Å²) in [6.45, 7) is 0.850. The predicted octanol–water partition coefficient (Wildman–Crippen LogP) is 8.26. The van der Waals surface area contributed by atoms with Crippen LogP contribution in [0.15, 0.2) is 36.4 Å². The molecule has 3 rings (SSSR count). The number of anilines is 1. The lowest BCUT2D eigenvalue weighted by Gasteiger charge is -2.43. The molecule has 0 saturated heterocycles. The number of nitrogens with two attached hydrogens (primary N) is 1. The van der Waals surface area contributed by atoms with Gasteiger partial charge < -0.3 is 10.5 Å². The summed E-state index contributed by atoms with van der Waals surface area (Å²) < 4.78 is 124. The van der Waals surface area contributed by atoms with Gasteiger partial charge in [0.05, 0.1) is 25.0 Å². The van der Waals surface area contributed by atoms with Crippen molar-refractivity contribution in [1.82, 2.24) is 0 Å². The lowest BCUT2D eigenvalue weighted by Crippen LogP contribution is -2.46. The fraction of sp³-hybridized carbons (Fsp3) is 0.519. The van der Waals surface area contributed by atoms with E-state index in [2.05, 4.69) is 0 Å².